The zero-order valence-corrected chi connectivity index (χ0v) is 45.7. The first-order chi connectivity index (χ1) is 36.5. The molecule has 0 spiro atoms. The van der Waals surface area contributed by atoms with Crippen molar-refractivity contribution in [2.24, 2.45) is 0 Å². The Kier molecular flexibility index (Phi) is 9.97. The van der Waals surface area contributed by atoms with Gasteiger partial charge in [-0.2, -0.15) is 0 Å². The van der Waals surface area contributed by atoms with E-state index in [2.05, 4.69) is 277 Å². The van der Waals surface area contributed by atoms with Crippen molar-refractivity contribution >= 4 is 106 Å². The largest absolute Gasteiger partial charge is 0.458 e. The molecule has 9 aromatic carbocycles. The van der Waals surface area contributed by atoms with Gasteiger partial charge in [-0.25, -0.2) is 0 Å². The Morgan fingerprint density at radius 3 is 1.45 bits per heavy atom. The molecule has 0 aliphatic carbocycles. The molecule has 374 valence electrons. The van der Waals surface area contributed by atoms with Crippen LogP contribution < -0.4 is 26.0 Å². The smallest absolute Gasteiger partial charge is 0.256 e. The Labute approximate surface area is 447 Å². The molecular weight excluding hydrogens is 924 g/mol. The zero-order chi connectivity index (χ0) is 52.3. The Hall–Kier alpha value is -7.96. The van der Waals surface area contributed by atoms with Crippen LogP contribution in [0.1, 0.15) is 105 Å². The van der Waals surface area contributed by atoms with Crippen LogP contribution in [0.5, 0.6) is 11.5 Å². The second kappa shape index (κ2) is 16.3. The molecule has 0 amide bonds. The third-order valence-electron chi connectivity index (χ3n) is 17.4. The number of aromatic nitrogens is 3. The summed E-state index contributed by atoms with van der Waals surface area (Å²) in [6.07, 6.45) is 0. The van der Waals surface area contributed by atoms with E-state index >= 15 is 0 Å². The fourth-order valence-corrected chi connectivity index (χ4v) is 13.2. The number of fused-ring (bicyclic) bond motifs is 14. The van der Waals surface area contributed by atoms with Gasteiger partial charge >= 0.3 is 0 Å². The average molecular weight is 989 g/mol. The summed E-state index contributed by atoms with van der Waals surface area (Å²) >= 11 is 0. The van der Waals surface area contributed by atoms with Gasteiger partial charge in [-0.15, -0.1) is 0 Å². The van der Waals surface area contributed by atoms with E-state index in [9.17, 15) is 0 Å². The summed E-state index contributed by atoms with van der Waals surface area (Å²) in [4.78, 5) is 2.53. The molecule has 5 heterocycles. The van der Waals surface area contributed by atoms with Gasteiger partial charge in [-0.3, -0.25) is 0 Å². The van der Waals surface area contributed by atoms with E-state index in [1.54, 1.807) is 0 Å². The van der Waals surface area contributed by atoms with E-state index in [1.165, 1.54) is 98.7 Å². The van der Waals surface area contributed by atoms with Crippen molar-refractivity contribution in [2.75, 3.05) is 4.90 Å². The predicted molar refractivity (Wildman–Crippen MR) is 325 cm³/mol. The van der Waals surface area contributed by atoms with Gasteiger partial charge in [-0.05, 0) is 118 Å². The maximum absolute atomic E-state index is 7.41. The van der Waals surface area contributed by atoms with Crippen molar-refractivity contribution in [3.8, 4) is 17.2 Å². The Morgan fingerprint density at radius 1 is 0.382 bits per heavy atom. The summed E-state index contributed by atoms with van der Waals surface area (Å²) in [6, 6.07) is 69.1. The molecule has 2 atom stereocenters. The highest BCUT2D eigenvalue weighted by Gasteiger charge is 2.44. The summed E-state index contributed by atoms with van der Waals surface area (Å²) in [7, 11) is 0. The first-order valence-electron chi connectivity index (χ1n) is 27.4. The molecule has 12 aromatic rings. The van der Waals surface area contributed by atoms with Gasteiger partial charge in [0.2, 0.25) is 0 Å². The van der Waals surface area contributed by atoms with E-state index in [-0.39, 0.29) is 35.0 Å². The molecule has 0 radical (unpaired) electrons. The number of ether oxygens (including phenoxy) is 1. The minimum atomic E-state index is -0.0527. The predicted octanol–water partition coefficient (Wildman–Crippen LogP) is 17.1. The normalized spacial score (nSPS) is 14.5. The highest BCUT2D eigenvalue weighted by Crippen LogP contribution is 2.48. The van der Waals surface area contributed by atoms with E-state index in [4.69, 9.17) is 4.74 Å². The standard InChI is InChI=1S/C70H65BN4O/c1-42(72-57-24-16-12-20-49(57)50-21-13-17-25-58(50)72)43(2)73-59-26-18-14-22-51(59)53-34-35-54-52-23-15-19-27-60(52)75(67(54)66(53)73)48-40-62-65-64(41-48)76-63-37-31-46(70(9,10)11)39-56(63)71(65)55-38-45(69(6,7)8)30-36-61(55)74(62)47-32-28-44(29-33-47)68(3,4)5/h12-43H,1-11H3/t42?,43-/m0/s1. The molecule has 76 heavy (non-hydrogen) atoms. The summed E-state index contributed by atoms with van der Waals surface area (Å²) in [5.74, 6) is 1.81. The SMILES string of the molecule is CC([C@H](C)n1c2ccccc2c2ccc3c4ccccc4n(-c4cc5c6c(c4)N(c4ccc(C(C)(C)C)cc4)c4ccc(C(C)(C)C)cc4B6c4cc(C(C)(C)C)ccc4O5)c3c21)n1c2ccccc2c2ccccc21. The Morgan fingerprint density at radius 2 is 0.855 bits per heavy atom. The van der Waals surface area contributed by atoms with Gasteiger partial charge in [0, 0.05) is 72.0 Å². The number of hydrogen-bond acceptors (Lipinski definition) is 2. The fraction of sp³-hybridized carbons (Fsp3) is 0.229. The van der Waals surface area contributed by atoms with E-state index in [0.717, 1.165) is 34.1 Å². The number of rotatable bonds is 5. The third-order valence-corrected chi connectivity index (χ3v) is 17.4. The summed E-state index contributed by atoms with van der Waals surface area (Å²) in [6.45, 7) is 25.6. The summed E-state index contributed by atoms with van der Waals surface area (Å²) in [5, 5.41) is 7.53. The van der Waals surface area contributed by atoms with Crippen LogP contribution in [0.15, 0.2) is 182 Å². The van der Waals surface area contributed by atoms with E-state index in [1.807, 2.05) is 0 Å². The molecule has 2 aliphatic rings. The molecule has 14 rings (SSSR count). The zero-order valence-electron chi connectivity index (χ0n) is 45.7. The second-order valence-corrected chi connectivity index (χ2v) is 25.1. The number of hydrogen-bond donors (Lipinski definition) is 0. The first-order valence-corrected chi connectivity index (χ1v) is 27.4. The number of nitrogens with zero attached hydrogens (tertiary/aromatic N) is 4. The van der Waals surface area contributed by atoms with Crippen LogP contribution in [-0.2, 0) is 16.2 Å². The molecule has 6 heteroatoms. The second-order valence-electron chi connectivity index (χ2n) is 25.1. The highest BCUT2D eigenvalue weighted by molar-refractivity contribution is 6.99. The molecule has 0 saturated heterocycles. The molecule has 0 fully saturated rings. The van der Waals surface area contributed by atoms with Crippen LogP contribution in [0.25, 0.3) is 71.1 Å². The molecule has 3 aromatic heterocycles. The van der Waals surface area contributed by atoms with Crippen LogP contribution in [0.4, 0.5) is 17.1 Å². The van der Waals surface area contributed by atoms with Crippen LogP contribution in [-0.4, -0.2) is 20.4 Å². The van der Waals surface area contributed by atoms with Gasteiger partial charge in [0.15, 0.2) is 0 Å². The molecule has 0 saturated carbocycles. The lowest BCUT2D eigenvalue weighted by Gasteiger charge is -2.41. The van der Waals surface area contributed by atoms with Gasteiger partial charge in [0.05, 0.1) is 34.3 Å². The average Bonchev–Trinajstić information content (AvgIpc) is 4.09. The summed E-state index contributed by atoms with van der Waals surface area (Å²) in [5.41, 5.74) is 19.4. The number of anilines is 3. The van der Waals surface area contributed by atoms with Crippen LogP contribution in [0.3, 0.4) is 0 Å². The van der Waals surface area contributed by atoms with Gasteiger partial charge < -0.3 is 23.3 Å². The van der Waals surface area contributed by atoms with Crippen molar-refractivity contribution in [3.63, 3.8) is 0 Å². The van der Waals surface area contributed by atoms with Gasteiger partial charge in [-0.1, -0.05) is 184 Å². The molecular formula is C70H65BN4O. The lowest BCUT2D eigenvalue weighted by atomic mass is 9.33. The maximum atomic E-state index is 7.41. The van der Waals surface area contributed by atoms with Crippen molar-refractivity contribution in [2.45, 2.75) is 104 Å². The molecule has 0 bridgehead atoms. The number of benzene rings is 9. The Balaban J connectivity index is 1.08. The Bertz CT molecular complexity index is 4320. The van der Waals surface area contributed by atoms with Crippen molar-refractivity contribution in [3.05, 3.63) is 199 Å². The first kappa shape index (κ1) is 46.6. The van der Waals surface area contributed by atoms with E-state index < -0.39 is 0 Å². The minimum absolute atomic E-state index is 0.00944. The van der Waals surface area contributed by atoms with Crippen molar-refractivity contribution in [1.29, 1.82) is 0 Å². The molecule has 0 N–H and O–H groups in total. The van der Waals surface area contributed by atoms with Gasteiger partial charge in [0.1, 0.15) is 11.5 Å². The lowest BCUT2D eigenvalue weighted by molar-refractivity contribution is 0.405. The third kappa shape index (κ3) is 6.78. The van der Waals surface area contributed by atoms with Gasteiger partial charge in [0.25, 0.3) is 6.71 Å². The molecule has 1 unspecified atom stereocenters. The summed E-state index contributed by atoms with van der Waals surface area (Å²) < 4.78 is 15.2. The van der Waals surface area contributed by atoms with Crippen LogP contribution in [0, 0.1) is 0 Å². The fourth-order valence-electron chi connectivity index (χ4n) is 13.2. The quantitative estimate of drug-likeness (QED) is 0.161. The molecule has 2 aliphatic heterocycles. The highest BCUT2D eigenvalue weighted by atomic mass is 16.5. The van der Waals surface area contributed by atoms with Crippen molar-refractivity contribution < 1.29 is 4.74 Å². The van der Waals surface area contributed by atoms with Crippen LogP contribution in [0.2, 0.25) is 0 Å². The number of para-hydroxylation sites is 4. The molecule has 5 nitrogen and oxygen atoms in total. The van der Waals surface area contributed by atoms with Crippen molar-refractivity contribution in [1.82, 2.24) is 13.7 Å². The topological polar surface area (TPSA) is 27.3 Å². The van der Waals surface area contributed by atoms with E-state index in [0.29, 0.717) is 0 Å². The van der Waals surface area contributed by atoms with Crippen LogP contribution >= 0.6 is 0 Å². The maximum Gasteiger partial charge on any atom is 0.256 e. The monoisotopic (exact) mass is 989 g/mol. The lowest BCUT2D eigenvalue weighted by Crippen LogP contribution is -2.60. The minimum Gasteiger partial charge on any atom is -0.458 e.